The third kappa shape index (κ3) is 3.90. The molecule has 2 aromatic carbocycles. The summed E-state index contributed by atoms with van der Waals surface area (Å²) >= 11 is 1.52. The van der Waals surface area contributed by atoms with E-state index in [-0.39, 0.29) is 17.9 Å². The van der Waals surface area contributed by atoms with Gasteiger partial charge < -0.3 is 24.4 Å². The van der Waals surface area contributed by atoms with E-state index in [1.165, 1.54) is 16.2 Å². The number of ether oxygens (including phenoxy) is 2. The molecule has 0 spiro atoms. The number of amides is 1. The monoisotopic (exact) mass is 476 g/mol. The fourth-order valence-corrected chi connectivity index (χ4v) is 4.96. The molecule has 1 amide bonds. The number of anilines is 1. The van der Waals surface area contributed by atoms with Crippen LogP contribution in [0.5, 0.6) is 11.5 Å². The number of carbonyl (C=O) groups excluding carboxylic acids is 2. The van der Waals surface area contributed by atoms with Gasteiger partial charge in [0.2, 0.25) is 0 Å². The van der Waals surface area contributed by atoms with Gasteiger partial charge in [-0.2, -0.15) is 0 Å². The van der Waals surface area contributed by atoms with Crippen LogP contribution in [0, 0.1) is 0 Å². The van der Waals surface area contributed by atoms with Crippen LogP contribution < -0.4 is 14.4 Å². The maximum absolute atomic E-state index is 13.2. The minimum Gasteiger partial charge on any atom is -0.507 e. The molecule has 2 aliphatic rings. The Bertz CT molecular complexity index is 1260. The molecule has 0 saturated carbocycles. The number of ketones is 1. The van der Waals surface area contributed by atoms with Crippen molar-refractivity contribution in [3.63, 3.8) is 0 Å². The van der Waals surface area contributed by atoms with E-state index in [1.807, 2.05) is 60.8 Å². The number of aliphatic hydroxyl groups is 1. The van der Waals surface area contributed by atoms with Gasteiger partial charge in [-0.1, -0.05) is 18.2 Å². The van der Waals surface area contributed by atoms with Crippen LogP contribution in [0.3, 0.4) is 0 Å². The van der Waals surface area contributed by atoms with Crippen LogP contribution in [0.1, 0.15) is 22.0 Å². The first-order valence-electron chi connectivity index (χ1n) is 10.9. The zero-order valence-electron chi connectivity index (χ0n) is 18.9. The molecule has 1 saturated heterocycles. The highest BCUT2D eigenvalue weighted by Crippen LogP contribution is 2.42. The summed E-state index contributed by atoms with van der Waals surface area (Å²) in [6.07, 6.45) is 0. The van der Waals surface area contributed by atoms with Gasteiger partial charge in [0.05, 0.1) is 18.2 Å². The number of Topliss-reactive ketones (excluding diaryl/α,β-unsaturated/α-hetero) is 1. The number of hydrogen-bond donors (Lipinski definition) is 1. The van der Waals surface area contributed by atoms with Crippen LogP contribution >= 0.6 is 11.3 Å². The Labute approximate surface area is 201 Å². The SMILES string of the molecule is CN(C)c1ccc(C2/C(=C(\O)c3ccc4c(c3)OCCO4)C(=O)C(=O)N2Cc2cccs2)cc1. The molecular weight excluding hydrogens is 452 g/mol. The van der Waals surface area contributed by atoms with E-state index >= 15 is 0 Å². The molecule has 1 fully saturated rings. The van der Waals surface area contributed by atoms with Crippen molar-refractivity contribution in [2.24, 2.45) is 0 Å². The van der Waals surface area contributed by atoms with Gasteiger partial charge >= 0.3 is 0 Å². The van der Waals surface area contributed by atoms with E-state index in [0.717, 1.165) is 16.1 Å². The van der Waals surface area contributed by atoms with Crippen molar-refractivity contribution in [1.29, 1.82) is 0 Å². The maximum Gasteiger partial charge on any atom is 0.295 e. The molecule has 1 atom stereocenters. The third-order valence-corrected chi connectivity index (χ3v) is 6.85. The second-order valence-corrected chi connectivity index (χ2v) is 9.38. The number of benzene rings is 2. The average Bonchev–Trinajstić information content (AvgIpc) is 3.46. The van der Waals surface area contributed by atoms with Gasteiger partial charge in [0.1, 0.15) is 19.0 Å². The second kappa shape index (κ2) is 8.87. The number of hydrogen-bond acceptors (Lipinski definition) is 7. The smallest absolute Gasteiger partial charge is 0.295 e. The van der Waals surface area contributed by atoms with Crippen molar-refractivity contribution < 1.29 is 24.2 Å². The van der Waals surface area contributed by atoms with E-state index < -0.39 is 17.7 Å². The Kier molecular flexibility index (Phi) is 5.75. The minimum absolute atomic E-state index is 0.0656. The van der Waals surface area contributed by atoms with Crippen LogP contribution in [0.25, 0.3) is 5.76 Å². The molecule has 1 unspecified atom stereocenters. The lowest BCUT2D eigenvalue weighted by atomic mass is 9.95. The molecule has 0 bridgehead atoms. The Morgan fingerprint density at radius 3 is 2.47 bits per heavy atom. The number of thiophene rings is 1. The van der Waals surface area contributed by atoms with Gasteiger partial charge in [-0.05, 0) is 47.3 Å². The standard InChI is InChI=1S/C26H24N2O5S/c1-27(2)18-8-5-16(6-9-18)23-22(25(30)26(31)28(23)15-19-4-3-13-34-19)24(29)17-7-10-20-21(14-17)33-12-11-32-20/h3-10,13-14,23,29H,11-12,15H2,1-2H3/b24-22+. The molecule has 7 nitrogen and oxygen atoms in total. The molecule has 8 heteroatoms. The van der Waals surface area contributed by atoms with Crippen LogP contribution in [-0.2, 0) is 16.1 Å². The Morgan fingerprint density at radius 2 is 1.79 bits per heavy atom. The molecule has 1 aromatic heterocycles. The number of aliphatic hydroxyl groups excluding tert-OH is 1. The van der Waals surface area contributed by atoms with Crippen molar-refractivity contribution in [2.45, 2.75) is 12.6 Å². The fourth-order valence-electron chi connectivity index (χ4n) is 4.26. The van der Waals surface area contributed by atoms with Crippen molar-refractivity contribution in [3.8, 4) is 11.5 Å². The van der Waals surface area contributed by atoms with E-state index in [9.17, 15) is 14.7 Å². The fraction of sp³-hybridized carbons (Fsp3) is 0.231. The predicted octanol–water partition coefficient (Wildman–Crippen LogP) is 4.21. The first-order chi connectivity index (χ1) is 16.4. The highest BCUT2D eigenvalue weighted by Gasteiger charge is 2.46. The molecule has 34 heavy (non-hydrogen) atoms. The molecule has 174 valence electrons. The Hall–Kier alpha value is -3.78. The molecule has 3 heterocycles. The maximum atomic E-state index is 13.2. The number of fused-ring (bicyclic) bond motifs is 1. The number of carbonyl (C=O) groups is 2. The second-order valence-electron chi connectivity index (χ2n) is 8.35. The predicted molar refractivity (Wildman–Crippen MR) is 130 cm³/mol. The largest absolute Gasteiger partial charge is 0.507 e. The van der Waals surface area contributed by atoms with Crippen LogP contribution in [0.15, 0.2) is 65.6 Å². The summed E-state index contributed by atoms with van der Waals surface area (Å²) < 4.78 is 11.2. The molecule has 1 N–H and O–H groups in total. The summed E-state index contributed by atoms with van der Waals surface area (Å²) in [5, 5.41) is 13.2. The Balaban J connectivity index is 1.62. The summed E-state index contributed by atoms with van der Waals surface area (Å²) in [5.41, 5.74) is 2.20. The quantitative estimate of drug-likeness (QED) is 0.338. The lowest BCUT2D eigenvalue weighted by Gasteiger charge is -2.25. The Morgan fingerprint density at radius 1 is 1.06 bits per heavy atom. The van der Waals surface area contributed by atoms with E-state index in [1.54, 1.807) is 18.2 Å². The summed E-state index contributed by atoms with van der Waals surface area (Å²) in [7, 11) is 3.89. The molecular formula is C26H24N2O5S. The van der Waals surface area contributed by atoms with Crippen LogP contribution in [0.2, 0.25) is 0 Å². The minimum atomic E-state index is -0.716. The van der Waals surface area contributed by atoms with Gasteiger partial charge in [-0.25, -0.2) is 0 Å². The van der Waals surface area contributed by atoms with Crippen molar-refractivity contribution >= 4 is 34.5 Å². The summed E-state index contributed by atoms with van der Waals surface area (Å²) in [6.45, 7) is 1.13. The van der Waals surface area contributed by atoms with Gasteiger partial charge in [0, 0.05) is 30.2 Å². The van der Waals surface area contributed by atoms with Gasteiger partial charge in [-0.3, -0.25) is 9.59 Å². The van der Waals surface area contributed by atoms with Crippen molar-refractivity contribution in [3.05, 3.63) is 81.6 Å². The highest BCUT2D eigenvalue weighted by molar-refractivity contribution is 7.09. The summed E-state index contributed by atoms with van der Waals surface area (Å²) in [6, 6.07) is 15.8. The van der Waals surface area contributed by atoms with E-state index in [2.05, 4.69) is 0 Å². The molecule has 0 radical (unpaired) electrons. The van der Waals surface area contributed by atoms with Crippen molar-refractivity contribution in [2.75, 3.05) is 32.2 Å². The number of nitrogens with zero attached hydrogens (tertiary/aromatic N) is 2. The van der Waals surface area contributed by atoms with E-state index in [4.69, 9.17) is 9.47 Å². The summed E-state index contributed by atoms with van der Waals surface area (Å²) in [5.74, 6) is -0.489. The molecule has 2 aliphatic heterocycles. The van der Waals surface area contributed by atoms with Gasteiger partial charge in [0.15, 0.2) is 11.5 Å². The lowest BCUT2D eigenvalue weighted by Crippen LogP contribution is -2.28. The molecule has 5 rings (SSSR count). The number of likely N-dealkylation sites (tertiary alicyclic amines) is 1. The van der Waals surface area contributed by atoms with Crippen molar-refractivity contribution in [1.82, 2.24) is 4.90 Å². The van der Waals surface area contributed by atoms with Gasteiger partial charge in [-0.15, -0.1) is 11.3 Å². The molecule has 0 aliphatic carbocycles. The third-order valence-electron chi connectivity index (χ3n) is 5.99. The highest BCUT2D eigenvalue weighted by atomic mass is 32.1. The molecule has 3 aromatic rings. The summed E-state index contributed by atoms with van der Waals surface area (Å²) in [4.78, 5) is 30.8. The first-order valence-corrected chi connectivity index (χ1v) is 11.8. The lowest BCUT2D eigenvalue weighted by molar-refractivity contribution is -0.140. The topological polar surface area (TPSA) is 79.3 Å². The van der Waals surface area contributed by atoms with Crippen LogP contribution in [0.4, 0.5) is 5.69 Å². The first kappa shape index (κ1) is 22.0. The van der Waals surface area contributed by atoms with E-state index in [0.29, 0.717) is 30.3 Å². The zero-order chi connectivity index (χ0) is 23.8. The number of rotatable bonds is 5. The zero-order valence-corrected chi connectivity index (χ0v) is 19.7. The average molecular weight is 477 g/mol. The van der Waals surface area contributed by atoms with Crippen LogP contribution in [-0.4, -0.2) is 49.0 Å². The normalized spacial score (nSPS) is 18.9. The van der Waals surface area contributed by atoms with Gasteiger partial charge in [0.25, 0.3) is 11.7 Å².